The number of benzene rings is 1. The number of rotatable bonds is 2. The first-order chi connectivity index (χ1) is 6.27. The van der Waals surface area contributed by atoms with Crippen LogP contribution in [-0.2, 0) is 0 Å². The molecule has 13 heavy (non-hydrogen) atoms. The maximum Gasteiger partial charge on any atom is 0.130 e. The summed E-state index contributed by atoms with van der Waals surface area (Å²) in [4.78, 5) is 0. The van der Waals surface area contributed by atoms with Crippen LogP contribution in [0.2, 0.25) is 0 Å². The fourth-order valence-corrected chi connectivity index (χ4v) is 0.893. The molecule has 1 aromatic rings. The van der Waals surface area contributed by atoms with Crippen molar-refractivity contribution >= 4 is 6.08 Å². The van der Waals surface area contributed by atoms with E-state index in [9.17, 15) is 4.39 Å². The Hall–Kier alpha value is -1.66. The van der Waals surface area contributed by atoms with Gasteiger partial charge in [-0.15, -0.1) is 0 Å². The van der Waals surface area contributed by atoms with Gasteiger partial charge >= 0.3 is 0 Å². The highest BCUT2D eigenvalue weighted by atomic mass is 19.1. The topological polar surface area (TPSA) is 44.0 Å². The van der Waals surface area contributed by atoms with Crippen LogP contribution in [0, 0.1) is 17.1 Å². The molecule has 0 saturated carbocycles. The molecule has 1 N–H and O–H groups in total. The van der Waals surface area contributed by atoms with E-state index in [4.69, 9.17) is 10.4 Å². The van der Waals surface area contributed by atoms with E-state index in [0.29, 0.717) is 5.56 Å². The highest BCUT2D eigenvalue weighted by Gasteiger charge is 1.98. The second-order valence-corrected chi connectivity index (χ2v) is 2.46. The van der Waals surface area contributed by atoms with Crippen LogP contribution in [0.1, 0.15) is 5.56 Å². The van der Waals surface area contributed by atoms with Crippen molar-refractivity contribution in [2.45, 2.75) is 0 Å². The lowest BCUT2D eigenvalue weighted by atomic mass is 10.1. The smallest absolute Gasteiger partial charge is 0.130 e. The van der Waals surface area contributed by atoms with Crippen LogP contribution in [0.4, 0.5) is 4.39 Å². The molecule has 0 aliphatic rings. The molecule has 0 radical (unpaired) electrons. The standard InChI is InChI=1S/C10H8FNO/c11-10-4-2-1-3-9(10)5-8(6-12)7-13/h1-5,13H,7H2/b8-5+. The van der Waals surface area contributed by atoms with Crippen molar-refractivity contribution in [1.82, 2.24) is 0 Å². The van der Waals surface area contributed by atoms with E-state index in [-0.39, 0.29) is 12.2 Å². The van der Waals surface area contributed by atoms with Gasteiger partial charge in [-0.3, -0.25) is 0 Å². The Morgan fingerprint density at radius 3 is 2.77 bits per heavy atom. The lowest BCUT2D eigenvalue weighted by Crippen LogP contribution is -1.88. The Morgan fingerprint density at radius 2 is 2.23 bits per heavy atom. The fourth-order valence-electron chi connectivity index (χ4n) is 0.893. The van der Waals surface area contributed by atoms with Crippen molar-refractivity contribution in [3.63, 3.8) is 0 Å². The number of nitrogens with zero attached hydrogens (tertiary/aromatic N) is 1. The molecule has 3 heteroatoms. The van der Waals surface area contributed by atoms with Gasteiger partial charge in [0.1, 0.15) is 5.82 Å². The van der Waals surface area contributed by atoms with Gasteiger partial charge < -0.3 is 5.11 Å². The Labute approximate surface area is 75.6 Å². The number of aliphatic hydroxyl groups excluding tert-OH is 1. The van der Waals surface area contributed by atoms with Crippen molar-refractivity contribution in [2.24, 2.45) is 0 Å². The molecule has 66 valence electrons. The van der Waals surface area contributed by atoms with Crippen LogP contribution in [0.25, 0.3) is 6.08 Å². The van der Waals surface area contributed by atoms with E-state index >= 15 is 0 Å². The number of hydrogen-bond donors (Lipinski definition) is 1. The molecule has 0 atom stereocenters. The summed E-state index contributed by atoms with van der Waals surface area (Å²) in [5, 5.41) is 17.1. The minimum absolute atomic E-state index is 0.144. The summed E-state index contributed by atoms with van der Waals surface area (Å²) in [5.74, 6) is -0.399. The van der Waals surface area contributed by atoms with E-state index in [1.54, 1.807) is 24.3 Å². The number of halogens is 1. The van der Waals surface area contributed by atoms with Crippen LogP contribution in [0.3, 0.4) is 0 Å². The first-order valence-electron chi connectivity index (χ1n) is 3.74. The highest BCUT2D eigenvalue weighted by molar-refractivity contribution is 5.57. The first-order valence-corrected chi connectivity index (χ1v) is 3.74. The molecule has 0 bridgehead atoms. The predicted molar refractivity (Wildman–Crippen MR) is 47.1 cm³/mol. The predicted octanol–water partition coefficient (Wildman–Crippen LogP) is 1.72. The third-order valence-electron chi connectivity index (χ3n) is 1.55. The summed E-state index contributed by atoms with van der Waals surface area (Å²) in [5.41, 5.74) is 0.457. The van der Waals surface area contributed by atoms with Crippen molar-refractivity contribution in [2.75, 3.05) is 6.61 Å². The molecule has 2 nitrogen and oxygen atoms in total. The molecule has 1 aromatic carbocycles. The molecule has 0 aliphatic carbocycles. The minimum atomic E-state index is -0.399. The third-order valence-corrected chi connectivity index (χ3v) is 1.55. The van der Waals surface area contributed by atoms with Gasteiger partial charge in [-0.2, -0.15) is 5.26 Å². The summed E-state index contributed by atoms with van der Waals surface area (Å²) >= 11 is 0. The highest BCUT2D eigenvalue weighted by Crippen LogP contribution is 2.10. The summed E-state index contributed by atoms with van der Waals surface area (Å²) < 4.78 is 13.0. The normalized spacial score (nSPS) is 11.0. The summed E-state index contributed by atoms with van der Waals surface area (Å²) in [6.45, 7) is -0.370. The van der Waals surface area contributed by atoms with Gasteiger partial charge in [-0.1, -0.05) is 18.2 Å². The maximum absolute atomic E-state index is 13.0. The van der Waals surface area contributed by atoms with E-state index < -0.39 is 5.82 Å². The molecule has 0 aliphatic heterocycles. The molecule has 0 saturated heterocycles. The second-order valence-electron chi connectivity index (χ2n) is 2.46. The molecule has 0 spiro atoms. The minimum Gasteiger partial charge on any atom is -0.391 e. The zero-order chi connectivity index (χ0) is 9.68. The SMILES string of the molecule is N#C/C(=C\c1ccccc1F)CO. The van der Waals surface area contributed by atoms with Gasteiger partial charge in [0.25, 0.3) is 0 Å². The van der Waals surface area contributed by atoms with Crippen LogP contribution in [0.5, 0.6) is 0 Å². The number of aliphatic hydroxyl groups is 1. The molecule has 0 heterocycles. The zero-order valence-corrected chi connectivity index (χ0v) is 6.87. The Balaban J connectivity index is 3.04. The van der Waals surface area contributed by atoms with Crippen LogP contribution in [0.15, 0.2) is 29.8 Å². The lowest BCUT2D eigenvalue weighted by molar-refractivity contribution is 0.336. The Bertz CT molecular complexity index is 365. The summed E-state index contributed by atoms with van der Waals surface area (Å²) in [6.07, 6.45) is 1.33. The van der Waals surface area contributed by atoms with Gasteiger partial charge in [0.2, 0.25) is 0 Å². The van der Waals surface area contributed by atoms with Gasteiger partial charge in [-0.05, 0) is 12.1 Å². The van der Waals surface area contributed by atoms with Gasteiger partial charge in [0.05, 0.1) is 18.2 Å². The van der Waals surface area contributed by atoms with Crippen LogP contribution < -0.4 is 0 Å². The Morgan fingerprint density at radius 1 is 1.54 bits per heavy atom. The van der Waals surface area contributed by atoms with Crippen LogP contribution in [-0.4, -0.2) is 11.7 Å². The van der Waals surface area contributed by atoms with Crippen molar-refractivity contribution in [1.29, 1.82) is 5.26 Å². The molecule has 0 unspecified atom stereocenters. The molecule has 0 fully saturated rings. The molecular weight excluding hydrogens is 169 g/mol. The van der Waals surface area contributed by atoms with E-state index in [1.165, 1.54) is 12.1 Å². The van der Waals surface area contributed by atoms with Crippen molar-refractivity contribution < 1.29 is 9.50 Å². The lowest BCUT2D eigenvalue weighted by Gasteiger charge is -1.96. The quantitative estimate of drug-likeness (QED) is 0.699. The van der Waals surface area contributed by atoms with Crippen molar-refractivity contribution in [3.05, 3.63) is 41.2 Å². The van der Waals surface area contributed by atoms with E-state index in [1.807, 2.05) is 0 Å². The van der Waals surface area contributed by atoms with Gasteiger partial charge in [0.15, 0.2) is 0 Å². The van der Waals surface area contributed by atoms with E-state index in [0.717, 1.165) is 0 Å². The second kappa shape index (κ2) is 4.39. The molecule has 0 aromatic heterocycles. The zero-order valence-electron chi connectivity index (χ0n) is 6.87. The fraction of sp³-hybridized carbons (Fsp3) is 0.100. The van der Waals surface area contributed by atoms with E-state index in [2.05, 4.69) is 0 Å². The van der Waals surface area contributed by atoms with Gasteiger partial charge in [0, 0.05) is 5.56 Å². The maximum atomic E-state index is 13.0. The average Bonchev–Trinajstić information content (AvgIpc) is 2.17. The largest absolute Gasteiger partial charge is 0.391 e. The summed E-state index contributed by atoms with van der Waals surface area (Å²) in [7, 11) is 0. The van der Waals surface area contributed by atoms with Gasteiger partial charge in [-0.25, -0.2) is 4.39 Å². The average molecular weight is 177 g/mol. The number of hydrogen-bond acceptors (Lipinski definition) is 2. The molecular formula is C10H8FNO. The van der Waals surface area contributed by atoms with Crippen LogP contribution >= 0.6 is 0 Å². The first kappa shape index (κ1) is 9.43. The monoisotopic (exact) mass is 177 g/mol. The summed E-state index contributed by atoms with van der Waals surface area (Å²) in [6, 6.07) is 7.85. The number of nitriles is 1. The molecule has 0 amide bonds. The third kappa shape index (κ3) is 2.39. The molecule has 1 rings (SSSR count). The van der Waals surface area contributed by atoms with Crippen molar-refractivity contribution in [3.8, 4) is 6.07 Å². The Kier molecular flexibility index (Phi) is 3.18.